The number of primary amides is 1. The number of rotatable bonds is 5. The van der Waals surface area contributed by atoms with E-state index in [9.17, 15) is 14.4 Å². The van der Waals surface area contributed by atoms with Crippen molar-refractivity contribution >= 4 is 39.5 Å². The average molecular weight is 358 g/mol. The number of nitrogens with zero attached hydrogens (tertiary/aromatic N) is 1. The van der Waals surface area contributed by atoms with E-state index in [4.69, 9.17) is 10.8 Å². The predicted molar refractivity (Wildman–Crippen MR) is 81.2 cm³/mol. The molecule has 0 unspecified atom stereocenters. The van der Waals surface area contributed by atoms with E-state index in [1.165, 1.54) is 17.0 Å². The number of amides is 3. The number of carbonyl (C=O) groups excluding carboxylic acids is 2. The van der Waals surface area contributed by atoms with Gasteiger partial charge in [0.25, 0.3) is 0 Å². The van der Waals surface area contributed by atoms with Crippen molar-refractivity contribution < 1.29 is 19.5 Å². The van der Waals surface area contributed by atoms with Crippen molar-refractivity contribution in [3.63, 3.8) is 0 Å². The Bertz CT molecular complexity index is 575. The summed E-state index contributed by atoms with van der Waals surface area (Å²) >= 11 is 3.12. The minimum Gasteiger partial charge on any atom is -0.478 e. The molecule has 8 heteroatoms. The summed E-state index contributed by atoms with van der Waals surface area (Å²) in [4.78, 5) is 35.4. The summed E-state index contributed by atoms with van der Waals surface area (Å²) < 4.78 is 0.408. The van der Waals surface area contributed by atoms with E-state index in [2.05, 4.69) is 21.2 Å². The largest absolute Gasteiger partial charge is 0.478 e. The van der Waals surface area contributed by atoms with E-state index in [0.29, 0.717) is 10.2 Å². The number of nitrogens with two attached hydrogens (primary N) is 1. The smallest absolute Gasteiger partial charge is 0.336 e. The van der Waals surface area contributed by atoms with Crippen LogP contribution < -0.4 is 11.1 Å². The number of benzene rings is 1. The number of anilines is 1. The predicted octanol–water partition coefficient (Wildman–Crippen LogP) is 1.87. The average Bonchev–Trinajstić information content (AvgIpc) is 2.37. The Hall–Kier alpha value is -2.09. The van der Waals surface area contributed by atoms with Gasteiger partial charge in [-0.25, -0.2) is 9.59 Å². The molecule has 1 aromatic rings. The van der Waals surface area contributed by atoms with E-state index >= 15 is 0 Å². The highest BCUT2D eigenvalue weighted by Crippen LogP contribution is 2.21. The molecular formula is C13H16BrN3O4. The van der Waals surface area contributed by atoms with Gasteiger partial charge in [0.05, 0.1) is 5.56 Å². The number of nitrogens with one attached hydrogen (secondary N) is 1. The highest BCUT2D eigenvalue weighted by Gasteiger charge is 2.19. The van der Waals surface area contributed by atoms with Crippen LogP contribution in [0, 0.1) is 0 Å². The van der Waals surface area contributed by atoms with Crippen LogP contribution in [-0.2, 0) is 4.79 Å². The summed E-state index contributed by atoms with van der Waals surface area (Å²) in [7, 11) is 0. The van der Waals surface area contributed by atoms with Crippen molar-refractivity contribution in [3.05, 3.63) is 28.2 Å². The van der Waals surface area contributed by atoms with Gasteiger partial charge in [-0.2, -0.15) is 0 Å². The molecule has 0 saturated heterocycles. The van der Waals surface area contributed by atoms with Crippen LogP contribution in [0.25, 0.3) is 0 Å². The first-order valence-electron chi connectivity index (χ1n) is 6.11. The fourth-order valence-electron chi connectivity index (χ4n) is 1.62. The van der Waals surface area contributed by atoms with Crippen molar-refractivity contribution in [3.8, 4) is 0 Å². The van der Waals surface area contributed by atoms with Crippen LogP contribution in [0.4, 0.5) is 10.5 Å². The Morgan fingerprint density at radius 2 is 2.00 bits per heavy atom. The molecule has 1 rings (SSSR count). The summed E-state index contributed by atoms with van der Waals surface area (Å²) in [5.74, 6) is -1.74. The molecule has 0 radical (unpaired) electrons. The van der Waals surface area contributed by atoms with Crippen LogP contribution in [0.3, 0.4) is 0 Å². The Balaban J connectivity index is 2.93. The minimum atomic E-state index is -1.11. The number of carbonyl (C=O) groups is 3. The monoisotopic (exact) mass is 357 g/mol. The Labute approximate surface area is 130 Å². The molecule has 0 aliphatic heterocycles. The van der Waals surface area contributed by atoms with Crippen LogP contribution in [-0.4, -0.2) is 40.5 Å². The zero-order valence-corrected chi connectivity index (χ0v) is 13.2. The number of hydrogen-bond donors (Lipinski definition) is 3. The van der Waals surface area contributed by atoms with E-state index in [0.717, 1.165) is 0 Å². The summed E-state index contributed by atoms with van der Waals surface area (Å²) in [5, 5.41) is 11.6. The summed E-state index contributed by atoms with van der Waals surface area (Å²) in [6, 6.07) is 3.64. The van der Waals surface area contributed by atoms with Gasteiger partial charge in [0, 0.05) is 16.2 Å². The third-order valence-electron chi connectivity index (χ3n) is 2.66. The van der Waals surface area contributed by atoms with Crippen molar-refractivity contribution in [2.75, 3.05) is 11.9 Å². The molecule has 3 amide bonds. The molecule has 114 valence electrons. The summed E-state index contributed by atoms with van der Waals surface area (Å²) in [6.07, 6.45) is 0. The van der Waals surface area contributed by atoms with Crippen LogP contribution in [0.2, 0.25) is 0 Å². The lowest BCUT2D eigenvalue weighted by atomic mass is 10.2. The fourth-order valence-corrected chi connectivity index (χ4v) is 2.04. The SMILES string of the molecule is CC(C)N(CC(N)=O)C(=O)Nc1ccc(Br)c(C(=O)O)c1. The molecule has 0 spiro atoms. The zero-order valence-electron chi connectivity index (χ0n) is 11.6. The van der Waals surface area contributed by atoms with E-state index < -0.39 is 17.9 Å². The van der Waals surface area contributed by atoms with Crippen LogP contribution in [0.15, 0.2) is 22.7 Å². The van der Waals surface area contributed by atoms with Gasteiger partial charge in [0.15, 0.2) is 0 Å². The van der Waals surface area contributed by atoms with Crippen LogP contribution >= 0.6 is 15.9 Å². The molecule has 4 N–H and O–H groups in total. The molecule has 0 bridgehead atoms. The molecule has 0 atom stereocenters. The van der Waals surface area contributed by atoms with Gasteiger partial charge in [0.1, 0.15) is 6.54 Å². The van der Waals surface area contributed by atoms with Gasteiger partial charge < -0.3 is 21.1 Å². The molecule has 7 nitrogen and oxygen atoms in total. The fraction of sp³-hybridized carbons (Fsp3) is 0.308. The van der Waals surface area contributed by atoms with Gasteiger partial charge >= 0.3 is 12.0 Å². The molecule has 0 fully saturated rings. The number of halogens is 1. The number of carboxylic acids is 1. The first-order valence-corrected chi connectivity index (χ1v) is 6.90. The summed E-state index contributed by atoms with van der Waals surface area (Å²) in [6.45, 7) is 3.27. The number of carboxylic acid groups (broad SMARTS) is 1. The lowest BCUT2D eigenvalue weighted by Gasteiger charge is -2.25. The van der Waals surface area contributed by atoms with Gasteiger partial charge in [-0.15, -0.1) is 0 Å². The minimum absolute atomic E-state index is 0.0267. The second-order valence-electron chi connectivity index (χ2n) is 4.62. The molecule has 0 heterocycles. The van der Waals surface area contributed by atoms with Crippen LogP contribution in [0.5, 0.6) is 0 Å². The Kier molecular flexibility index (Phi) is 5.71. The maximum absolute atomic E-state index is 12.1. The number of urea groups is 1. The maximum Gasteiger partial charge on any atom is 0.336 e. The number of hydrogen-bond acceptors (Lipinski definition) is 3. The van der Waals surface area contributed by atoms with E-state index in [-0.39, 0.29) is 18.2 Å². The van der Waals surface area contributed by atoms with Crippen molar-refractivity contribution in [2.24, 2.45) is 5.73 Å². The normalized spacial score (nSPS) is 10.3. The number of aromatic carboxylic acids is 1. The molecule has 0 saturated carbocycles. The third kappa shape index (κ3) is 4.75. The lowest BCUT2D eigenvalue weighted by Crippen LogP contribution is -2.44. The Morgan fingerprint density at radius 1 is 1.38 bits per heavy atom. The Morgan fingerprint density at radius 3 is 2.48 bits per heavy atom. The van der Waals surface area contributed by atoms with Gasteiger partial charge in [-0.3, -0.25) is 4.79 Å². The molecule has 0 aliphatic carbocycles. The second kappa shape index (κ2) is 7.07. The summed E-state index contributed by atoms with van der Waals surface area (Å²) in [5.41, 5.74) is 5.44. The second-order valence-corrected chi connectivity index (χ2v) is 5.47. The topological polar surface area (TPSA) is 113 Å². The van der Waals surface area contributed by atoms with Crippen molar-refractivity contribution in [2.45, 2.75) is 19.9 Å². The van der Waals surface area contributed by atoms with Gasteiger partial charge in [-0.1, -0.05) is 0 Å². The molecule has 21 heavy (non-hydrogen) atoms. The molecule has 0 aromatic heterocycles. The third-order valence-corrected chi connectivity index (χ3v) is 3.35. The highest BCUT2D eigenvalue weighted by atomic mass is 79.9. The molecule has 1 aromatic carbocycles. The van der Waals surface area contributed by atoms with Gasteiger partial charge in [-0.05, 0) is 48.0 Å². The maximum atomic E-state index is 12.1. The lowest BCUT2D eigenvalue weighted by molar-refractivity contribution is -0.118. The quantitative estimate of drug-likeness (QED) is 0.746. The van der Waals surface area contributed by atoms with Crippen LogP contribution in [0.1, 0.15) is 24.2 Å². The molecule has 0 aliphatic rings. The standard InChI is InChI=1S/C13H16BrN3O4/c1-7(2)17(6-11(15)18)13(21)16-8-3-4-10(14)9(5-8)12(19)20/h3-5,7H,6H2,1-2H3,(H2,15,18)(H,16,21)(H,19,20). The van der Waals surface area contributed by atoms with Gasteiger partial charge in [0.2, 0.25) is 5.91 Å². The first kappa shape index (κ1) is 17.0. The highest BCUT2D eigenvalue weighted by molar-refractivity contribution is 9.10. The van der Waals surface area contributed by atoms with E-state index in [1.807, 2.05) is 0 Å². The van der Waals surface area contributed by atoms with E-state index in [1.54, 1.807) is 19.9 Å². The zero-order chi connectivity index (χ0) is 16.2. The van der Waals surface area contributed by atoms with Crippen molar-refractivity contribution in [1.82, 2.24) is 4.90 Å². The first-order chi connectivity index (χ1) is 9.72. The van der Waals surface area contributed by atoms with Crippen molar-refractivity contribution in [1.29, 1.82) is 0 Å². The molecular weight excluding hydrogens is 342 g/mol.